The number of aromatic amines is 1. The van der Waals surface area contributed by atoms with Crippen LogP contribution < -0.4 is 5.32 Å². The first-order chi connectivity index (χ1) is 15.1. The number of aryl methyl sites for hydroxylation is 1. The number of imidazole rings is 1. The molecule has 31 heavy (non-hydrogen) atoms. The molecule has 3 aromatic rings. The number of allylic oxidation sites excluding steroid dienone is 1. The van der Waals surface area contributed by atoms with E-state index < -0.39 is 5.97 Å². The molecule has 0 fully saturated rings. The van der Waals surface area contributed by atoms with Gasteiger partial charge in [0.15, 0.2) is 0 Å². The molecule has 0 bridgehead atoms. The summed E-state index contributed by atoms with van der Waals surface area (Å²) in [6.45, 7) is 0.466. The van der Waals surface area contributed by atoms with E-state index in [9.17, 15) is 14.7 Å². The topological polar surface area (TPSA) is 95.1 Å². The molecule has 1 aliphatic rings. The first-order valence-corrected chi connectivity index (χ1v) is 10.8. The van der Waals surface area contributed by atoms with Gasteiger partial charge in [0.05, 0.1) is 17.5 Å². The second-order valence-corrected chi connectivity index (χ2v) is 8.10. The number of hydrogen-bond acceptors (Lipinski definition) is 3. The average Bonchev–Trinajstić information content (AvgIpc) is 3.09. The lowest BCUT2D eigenvalue weighted by Gasteiger charge is -2.17. The summed E-state index contributed by atoms with van der Waals surface area (Å²) in [7, 11) is 0. The van der Waals surface area contributed by atoms with E-state index in [1.807, 2.05) is 42.5 Å². The third-order valence-electron chi connectivity index (χ3n) is 5.80. The van der Waals surface area contributed by atoms with Gasteiger partial charge in [-0.05, 0) is 48.4 Å². The fraction of sp³-hybridized carbons (Fsp3) is 0.320. The summed E-state index contributed by atoms with van der Waals surface area (Å²) in [6, 6.07) is 15.9. The van der Waals surface area contributed by atoms with Gasteiger partial charge in [0.1, 0.15) is 5.82 Å². The van der Waals surface area contributed by atoms with Crippen LogP contribution in [0.5, 0.6) is 0 Å². The number of amides is 1. The van der Waals surface area contributed by atoms with E-state index in [-0.39, 0.29) is 18.2 Å². The van der Waals surface area contributed by atoms with Crippen molar-refractivity contribution in [2.75, 3.05) is 6.54 Å². The summed E-state index contributed by atoms with van der Waals surface area (Å²) in [5, 5.41) is 12.3. The number of para-hydroxylation sites is 2. The minimum Gasteiger partial charge on any atom is -0.481 e. The molecule has 1 amide bonds. The molecule has 0 aliphatic heterocycles. The van der Waals surface area contributed by atoms with E-state index in [1.54, 1.807) is 0 Å². The molecule has 160 valence electrons. The lowest BCUT2D eigenvalue weighted by atomic mass is 9.88. The van der Waals surface area contributed by atoms with E-state index in [4.69, 9.17) is 0 Å². The number of nitrogens with one attached hydrogen (secondary N) is 2. The molecule has 0 saturated heterocycles. The van der Waals surface area contributed by atoms with Crippen LogP contribution in [-0.4, -0.2) is 33.5 Å². The highest BCUT2D eigenvalue weighted by Crippen LogP contribution is 2.33. The van der Waals surface area contributed by atoms with Gasteiger partial charge < -0.3 is 15.4 Å². The maximum absolute atomic E-state index is 12.3. The lowest BCUT2D eigenvalue weighted by molar-refractivity contribution is -0.137. The second kappa shape index (κ2) is 9.60. The summed E-state index contributed by atoms with van der Waals surface area (Å²) in [5.41, 5.74) is 5.32. The highest BCUT2D eigenvalue weighted by Gasteiger charge is 2.22. The minimum atomic E-state index is -0.796. The first-order valence-electron chi connectivity index (χ1n) is 10.8. The Bertz CT molecular complexity index is 1080. The summed E-state index contributed by atoms with van der Waals surface area (Å²) in [6.07, 6.45) is 5.53. The lowest BCUT2D eigenvalue weighted by Crippen LogP contribution is -2.26. The van der Waals surface area contributed by atoms with E-state index >= 15 is 0 Å². The van der Waals surface area contributed by atoms with Gasteiger partial charge in [-0.2, -0.15) is 0 Å². The largest absolute Gasteiger partial charge is 0.481 e. The maximum atomic E-state index is 12.3. The van der Waals surface area contributed by atoms with Gasteiger partial charge in [-0.25, -0.2) is 4.98 Å². The molecule has 2 aromatic carbocycles. The zero-order valence-corrected chi connectivity index (χ0v) is 17.4. The molecule has 1 aromatic heterocycles. The Balaban J connectivity index is 1.28. The number of fused-ring (bicyclic) bond motifs is 2. The van der Waals surface area contributed by atoms with Gasteiger partial charge in [0.25, 0.3) is 0 Å². The number of carboxylic acids is 1. The number of rotatable bonds is 8. The molecule has 0 radical (unpaired) electrons. The number of carbonyl (C=O) groups excluding carboxylic acids is 1. The van der Waals surface area contributed by atoms with Gasteiger partial charge in [0, 0.05) is 19.4 Å². The number of aliphatic carboxylic acids is 1. The monoisotopic (exact) mass is 417 g/mol. The number of carbonyl (C=O) groups is 2. The smallest absolute Gasteiger partial charge is 0.303 e. The molecule has 3 N–H and O–H groups in total. The second-order valence-electron chi connectivity index (χ2n) is 8.10. The van der Waals surface area contributed by atoms with Crippen LogP contribution in [0.2, 0.25) is 0 Å². The fourth-order valence-electron chi connectivity index (χ4n) is 4.26. The Hall–Kier alpha value is -3.41. The van der Waals surface area contributed by atoms with E-state index in [2.05, 4.69) is 27.4 Å². The molecule has 6 nitrogen and oxygen atoms in total. The molecule has 4 rings (SSSR count). The third-order valence-corrected chi connectivity index (χ3v) is 5.80. The zero-order chi connectivity index (χ0) is 21.6. The number of aromatic nitrogens is 2. The molecule has 1 atom stereocenters. The molecule has 1 unspecified atom stereocenters. The Morgan fingerprint density at radius 2 is 1.94 bits per heavy atom. The quantitative estimate of drug-likeness (QED) is 0.480. The highest BCUT2D eigenvalue weighted by molar-refractivity contribution is 5.76. The first kappa shape index (κ1) is 20.8. The summed E-state index contributed by atoms with van der Waals surface area (Å²) in [4.78, 5) is 31.5. The average molecular weight is 418 g/mol. The highest BCUT2D eigenvalue weighted by atomic mass is 16.4. The molecule has 0 saturated carbocycles. The molecule has 6 heteroatoms. The van der Waals surface area contributed by atoms with Crippen molar-refractivity contribution in [1.82, 2.24) is 15.3 Å². The minimum absolute atomic E-state index is 0.00792. The normalized spacial score (nSPS) is 15.7. The van der Waals surface area contributed by atoms with E-state index in [0.29, 0.717) is 19.4 Å². The van der Waals surface area contributed by atoms with Gasteiger partial charge in [-0.15, -0.1) is 0 Å². The van der Waals surface area contributed by atoms with Crippen LogP contribution in [0.3, 0.4) is 0 Å². The molecular weight excluding hydrogens is 390 g/mol. The third kappa shape index (κ3) is 5.40. The summed E-state index contributed by atoms with van der Waals surface area (Å²) < 4.78 is 0. The number of nitrogens with zero attached hydrogens (tertiary/aromatic N) is 1. The van der Waals surface area contributed by atoms with Crippen molar-refractivity contribution < 1.29 is 14.7 Å². The number of carboxylic acid groups (broad SMARTS) is 1. The molecular formula is C25H27N3O3. The standard InChI is InChI=1S/C25H27N3O3/c29-24(11-5-10-23-27-21-8-3-4-9-22(21)28-23)26-16-17-12-13-18-6-1-2-7-20(18)19(14-17)15-25(30)31/h1-4,6-9,12,19H,5,10-11,13-16H2,(H,26,29)(H,27,28)(H,30,31). The fourth-order valence-corrected chi connectivity index (χ4v) is 4.26. The van der Waals surface area contributed by atoms with Crippen LogP contribution in [0.25, 0.3) is 11.0 Å². The zero-order valence-electron chi connectivity index (χ0n) is 17.4. The van der Waals surface area contributed by atoms with Gasteiger partial charge in [-0.1, -0.05) is 48.0 Å². The van der Waals surface area contributed by atoms with Crippen molar-refractivity contribution in [3.8, 4) is 0 Å². The van der Waals surface area contributed by atoms with Crippen molar-refractivity contribution in [3.05, 3.63) is 77.1 Å². The molecule has 0 spiro atoms. The number of H-pyrrole nitrogens is 1. The molecule has 1 aliphatic carbocycles. The van der Waals surface area contributed by atoms with Gasteiger partial charge in [-0.3, -0.25) is 9.59 Å². The Morgan fingerprint density at radius 3 is 2.77 bits per heavy atom. The Labute approximate surface area is 181 Å². The SMILES string of the molecule is O=C(O)CC1CC(CNC(=O)CCCc2nc3ccccc3[nH]2)=CCc2ccccc21. The van der Waals surface area contributed by atoms with Crippen molar-refractivity contribution in [1.29, 1.82) is 0 Å². The van der Waals surface area contributed by atoms with Crippen molar-refractivity contribution in [2.45, 2.75) is 44.4 Å². The Morgan fingerprint density at radius 1 is 1.13 bits per heavy atom. The van der Waals surface area contributed by atoms with Crippen LogP contribution in [-0.2, 0) is 22.4 Å². The van der Waals surface area contributed by atoms with Gasteiger partial charge in [0.2, 0.25) is 5.91 Å². The van der Waals surface area contributed by atoms with Crippen LogP contribution in [0.4, 0.5) is 0 Å². The summed E-state index contributed by atoms with van der Waals surface area (Å²) in [5.74, 6) is 0.0476. The van der Waals surface area contributed by atoms with E-state index in [0.717, 1.165) is 47.3 Å². The number of benzene rings is 2. The van der Waals surface area contributed by atoms with E-state index in [1.165, 1.54) is 5.56 Å². The Kier molecular flexibility index (Phi) is 6.46. The van der Waals surface area contributed by atoms with Crippen LogP contribution in [0.15, 0.2) is 60.2 Å². The number of hydrogen-bond donors (Lipinski definition) is 3. The summed E-state index contributed by atoms with van der Waals surface area (Å²) >= 11 is 0. The van der Waals surface area contributed by atoms with Crippen LogP contribution in [0.1, 0.15) is 48.6 Å². The van der Waals surface area contributed by atoms with Crippen molar-refractivity contribution in [2.24, 2.45) is 0 Å². The van der Waals surface area contributed by atoms with Crippen molar-refractivity contribution in [3.63, 3.8) is 0 Å². The van der Waals surface area contributed by atoms with Crippen LogP contribution in [0, 0.1) is 0 Å². The maximum Gasteiger partial charge on any atom is 0.303 e. The van der Waals surface area contributed by atoms with Gasteiger partial charge >= 0.3 is 5.97 Å². The van der Waals surface area contributed by atoms with Crippen LogP contribution >= 0.6 is 0 Å². The predicted molar refractivity (Wildman–Crippen MR) is 120 cm³/mol. The molecule has 1 heterocycles. The van der Waals surface area contributed by atoms with Crippen molar-refractivity contribution >= 4 is 22.9 Å². The predicted octanol–water partition coefficient (Wildman–Crippen LogP) is 4.13.